The fourth-order valence-corrected chi connectivity index (χ4v) is 3.31. The largest absolute Gasteiger partial charge is 0.497 e. The minimum absolute atomic E-state index is 0.251. The van der Waals surface area contributed by atoms with Crippen molar-refractivity contribution in [2.45, 2.75) is 6.54 Å². The fourth-order valence-electron chi connectivity index (χ4n) is 2.55. The van der Waals surface area contributed by atoms with Crippen molar-refractivity contribution in [3.8, 4) is 11.5 Å². The van der Waals surface area contributed by atoms with E-state index in [-0.39, 0.29) is 5.69 Å². The van der Waals surface area contributed by atoms with E-state index in [1.807, 2.05) is 24.3 Å². The number of rotatable bonds is 7. The second-order valence-corrected chi connectivity index (χ2v) is 7.73. The van der Waals surface area contributed by atoms with Gasteiger partial charge in [-0.1, -0.05) is 28.1 Å². The van der Waals surface area contributed by atoms with Gasteiger partial charge in [0.2, 0.25) is 0 Å². The average Bonchev–Trinajstić information content (AvgIpc) is 3.09. The molecule has 7 nitrogen and oxygen atoms in total. The van der Waals surface area contributed by atoms with Crippen LogP contribution in [0, 0.1) is 0 Å². The molecule has 0 aliphatic rings. The van der Waals surface area contributed by atoms with E-state index in [0.717, 1.165) is 10.0 Å². The SMILES string of the molecule is COc1ccc(C=NNC(=O)c2nn(Cc3ccc(Br)cc3)cc2Br)c(OC)c1. The molecule has 1 aromatic heterocycles. The van der Waals surface area contributed by atoms with Crippen molar-refractivity contribution in [2.75, 3.05) is 14.2 Å². The number of benzene rings is 2. The summed E-state index contributed by atoms with van der Waals surface area (Å²) in [5.74, 6) is 0.834. The molecule has 0 radical (unpaired) electrons. The average molecular weight is 522 g/mol. The van der Waals surface area contributed by atoms with Gasteiger partial charge in [0, 0.05) is 22.3 Å². The van der Waals surface area contributed by atoms with Crippen LogP contribution in [0.3, 0.4) is 0 Å². The van der Waals surface area contributed by atoms with Crippen molar-refractivity contribution in [3.63, 3.8) is 0 Å². The molecule has 0 unspecified atom stereocenters. The zero-order chi connectivity index (χ0) is 20.8. The number of hydrogen-bond donors (Lipinski definition) is 1. The molecule has 0 bridgehead atoms. The van der Waals surface area contributed by atoms with E-state index >= 15 is 0 Å². The molecule has 3 rings (SSSR count). The first-order valence-electron chi connectivity index (χ1n) is 8.53. The van der Waals surface area contributed by atoms with Crippen LogP contribution in [0.15, 0.2) is 62.7 Å². The molecule has 29 heavy (non-hydrogen) atoms. The van der Waals surface area contributed by atoms with Crippen LogP contribution in [0.25, 0.3) is 0 Å². The number of halogens is 2. The van der Waals surface area contributed by atoms with Gasteiger partial charge >= 0.3 is 0 Å². The third-order valence-corrected chi connectivity index (χ3v) is 5.11. The monoisotopic (exact) mass is 520 g/mol. The Bertz CT molecular complexity index is 1030. The summed E-state index contributed by atoms with van der Waals surface area (Å²) in [5.41, 5.74) is 4.51. The minimum Gasteiger partial charge on any atom is -0.497 e. The normalized spacial score (nSPS) is 10.9. The van der Waals surface area contributed by atoms with Gasteiger partial charge in [0.1, 0.15) is 11.5 Å². The number of nitrogens with zero attached hydrogens (tertiary/aromatic N) is 3. The number of ether oxygens (including phenoxy) is 2. The van der Waals surface area contributed by atoms with Crippen LogP contribution < -0.4 is 14.9 Å². The van der Waals surface area contributed by atoms with Crippen LogP contribution >= 0.6 is 31.9 Å². The van der Waals surface area contributed by atoms with Crippen LogP contribution in [-0.2, 0) is 6.54 Å². The van der Waals surface area contributed by atoms with Crippen LogP contribution in [0.5, 0.6) is 11.5 Å². The van der Waals surface area contributed by atoms with E-state index < -0.39 is 5.91 Å². The first-order chi connectivity index (χ1) is 14.0. The maximum Gasteiger partial charge on any atom is 0.293 e. The lowest BCUT2D eigenvalue weighted by Crippen LogP contribution is -2.19. The number of hydrazone groups is 1. The topological polar surface area (TPSA) is 77.7 Å². The molecule has 2 aromatic carbocycles. The van der Waals surface area contributed by atoms with Gasteiger partial charge < -0.3 is 9.47 Å². The van der Waals surface area contributed by atoms with Gasteiger partial charge in [0.05, 0.1) is 31.5 Å². The summed E-state index contributed by atoms with van der Waals surface area (Å²) < 4.78 is 13.8. The van der Waals surface area contributed by atoms with Crippen molar-refractivity contribution in [3.05, 3.63) is 74.4 Å². The highest BCUT2D eigenvalue weighted by Gasteiger charge is 2.15. The van der Waals surface area contributed by atoms with Crippen molar-refractivity contribution in [1.29, 1.82) is 0 Å². The molecule has 0 fully saturated rings. The summed E-state index contributed by atoms with van der Waals surface area (Å²) in [5, 5.41) is 8.35. The lowest BCUT2D eigenvalue weighted by atomic mass is 10.2. The van der Waals surface area contributed by atoms with Crippen LogP contribution in [0.2, 0.25) is 0 Å². The molecule has 0 aliphatic heterocycles. The molecule has 1 heterocycles. The van der Waals surface area contributed by atoms with E-state index in [2.05, 4.69) is 47.5 Å². The number of carbonyl (C=O) groups excluding carboxylic acids is 1. The van der Waals surface area contributed by atoms with E-state index in [1.54, 1.807) is 43.3 Å². The smallest absolute Gasteiger partial charge is 0.293 e. The van der Waals surface area contributed by atoms with Gasteiger partial charge in [-0.15, -0.1) is 0 Å². The van der Waals surface area contributed by atoms with Crippen LogP contribution in [0.1, 0.15) is 21.6 Å². The maximum absolute atomic E-state index is 12.4. The highest BCUT2D eigenvalue weighted by atomic mass is 79.9. The van der Waals surface area contributed by atoms with E-state index in [4.69, 9.17) is 9.47 Å². The Hall–Kier alpha value is -2.65. The predicted molar refractivity (Wildman–Crippen MR) is 118 cm³/mol. The molecule has 0 spiro atoms. The molecule has 0 saturated carbocycles. The number of carbonyl (C=O) groups is 1. The quantitative estimate of drug-likeness (QED) is 0.372. The van der Waals surface area contributed by atoms with Crippen molar-refractivity contribution < 1.29 is 14.3 Å². The molecule has 3 aromatic rings. The highest BCUT2D eigenvalue weighted by Crippen LogP contribution is 2.23. The Morgan fingerprint density at radius 1 is 1.17 bits per heavy atom. The standard InChI is InChI=1S/C20H18Br2N4O3/c1-28-16-8-5-14(18(9-16)29-2)10-23-24-20(27)19-17(22)12-26(25-19)11-13-3-6-15(21)7-4-13/h3-10,12H,11H2,1-2H3,(H,24,27). The third-order valence-electron chi connectivity index (χ3n) is 4.00. The summed E-state index contributed by atoms with van der Waals surface area (Å²) in [4.78, 5) is 12.4. The molecule has 150 valence electrons. The lowest BCUT2D eigenvalue weighted by molar-refractivity contribution is 0.0948. The zero-order valence-corrected chi connectivity index (χ0v) is 18.9. The Morgan fingerprint density at radius 2 is 1.93 bits per heavy atom. The fraction of sp³-hybridized carbons (Fsp3) is 0.150. The third kappa shape index (κ3) is 5.45. The summed E-state index contributed by atoms with van der Waals surface area (Å²) in [6, 6.07) is 13.2. The Kier molecular flexibility index (Phi) is 7.05. The Labute approximate surface area is 185 Å². The molecule has 0 atom stereocenters. The van der Waals surface area contributed by atoms with Gasteiger partial charge in [0.15, 0.2) is 5.69 Å². The van der Waals surface area contributed by atoms with Gasteiger partial charge in [-0.3, -0.25) is 9.48 Å². The van der Waals surface area contributed by atoms with Crippen molar-refractivity contribution >= 4 is 44.0 Å². The number of aromatic nitrogens is 2. The maximum atomic E-state index is 12.4. The van der Waals surface area contributed by atoms with Gasteiger partial charge in [-0.05, 0) is 45.8 Å². The van der Waals surface area contributed by atoms with Gasteiger partial charge in [-0.25, -0.2) is 5.43 Å². The highest BCUT2D eigenvalue weighted by molar-refractivity contribution is 9.10. The summed E-state index contributed by atoms with van der Waals surface area (Å²) >= 11 is 6.79. The molecule has 0 saturated heterocycles. The minimum atomic E-state index is -0.421. The van der Waals surface area contributed by atoms with Gasteiger partial charge in [-0.2, -0.15) is 10.2 Å². The molecular weight excluding hydrogens is 504 g/mol. The number of amides is 1. The Morgan fingerprint density at radius 3 is 2.62 bits per heavy atom. The number of hydrogen-bond acceptors (Lipinski definition) is 5. The molecule has 1 N–H and O–H groups in total. The van der Waals surface area contributed by atoms with Crippen molar-refractivity contribution in [2.24, 2.45) is 5.10 Å². The van der Waals surface area contributed by atoms with E-state index in [1.165, 1.54) is 6.21 Å². The zero-order valence-electron chi connectivity index (χ0n) is 15.7. The molecular formula is C20H18Br2N4O3. The summed E-state index contributed by atoms with van der Waals surface area (Å²) in [6.45, 7) is 0.547. The number of nitrogens with one attached hydrogen (secondary N) is 1. The molecule has 1 amide bonds. The second-order valence-electron chi connectivity index (χ2n) is 5.96. The van der Waals surface area contributed by atoms with Crippen LogP contribution in [0.4, 0.5) is 0 Å². The first-order valence-corrected chi connectivity index (χ1v) is 10.1. The van der Waals surface area contributed by atoms with Crippen LogP contribution in [-0.4, -0.2) is 36.1 Å². The molecule has 0 aliphatic carbocycles. The summed E-state index contributed by atoms with van der Waals surface area (Å²) in [7, 11) is 3.14. The van der Waals surface area contributed by atoms with Crippen molar-refractivity contribution in [1.82, 2.24) is 15.2 Å². The summed E-state index contributed by atoms with van der Waals surface area (Å²) in [6.07, 6.45) is 3.26. The molecule has 9 heteroatoms. The number of methoxy groups -OCH3 is 2. The van der Waals surface area contributed by atoms with Gasteiger partial charge in [0.25, 0.3) is 5.91 Å². The first kappa shape index (κ1) is 21.1. The lowest BCUT2D eigenvalue weighted by Gasteiger charge is -2.06. The van der Waals surface area contributed by atoms with E-state index in [0.29, 0.717) is 28.1 Å². The Balaban J connectivity index is 1.67. The van der Waals surface area contributed by atoms with E-state index in [9.17, 15) is 4.79 Å². The predicted octanol–water partition coefficient (Wildman–Crippen LogP) is 4.24. The second kappa shape index (κ2) is 9.71.